The fourth-order valence-corrected chi connectivity index (χ4v) is 2.93. The Balaban J connectivity index is 1.68. The van der Waals surface area contributed by atoms with Crippen LogP contribution in [0.25, 0.3) is 10.8 Å². The topological polar surface area (TPSA) is 75.6 Å². The summed E-state index contributed by atoms with van der Waals surface area (Å²) in [5.41, 5.74) is 1.73. The Labute approximate surface area is 157 Å². The van der Waals surface area contributed by atoms with Gasteiger partial charge < -0.3 is 15.2 Å². The third-order valence-electron chi connectivity index (χ3n) is 4.31. The van der Waals surface area contributed by atoms with Gasteiger partial charge in [0, 0.05) is 11.1 Å². The zero-order valence-corrected chi connectivity index (χ0v) is 15.2. The second-order valence-corrected chi connectivity index (χ2v) is 6.55. The van der Waals surface area contributed by atoms with Gasteiger partial charge in [-0.25, -0.2) is 4.79 Å². The number of rotatable bonds is 5. The van der Waals surface area contributed by atoms with E-state index in [0.717, 1.165) is 10.9 Å². The molecule has 0 saturated heterocycles. The molecule has 0 aliphatic heterocycles. The lowest BCUT2D eigenvalue weighted by molar-refractivity contribution is -0.119. The summed E-state index contributed by atoms with van der Waals surface area (Å²) < 4.78 is 5.08. The van der Waals surface area contributed by atoms with E-state index >= 15 is 0 Å². The highest BCUT2D eigenvalue weighted by molar-refractivity contribution is 6.02. The highest BCUT2D eigenvalue weighted by Gasteiger charge is 2.17. The fourth-order valence-electron chi connectivity index (χ4n) is 2.93. The number of fused-ring (bicyclic) bond motifs is 1. The third-order valence-corrected chi connectivity index (χ3v) is 4.31. The zero-order valence-electron chi connectivity index (χ0n) is 15.2. The molecule has 0 saturated carbocycles. The summed E-state index contributed by atoms with van der Waals surface area (Å²) in [4.78, 5) is 24.4. The first-order valence-electron chi connectivity index (χ1n) is 8.74. The highest BCUT2D eigenvalue weighted by atomic mass is 16.5. The molecular formula is C22H21NO4. The largest absolute Gasteiger partial charge is 0.506 e. The Morgan fingerprint density at radius 1 is 1.00 bits per heavy atom. The number of hydrogen-bond donors (Lipinski definition) is 2. The second kappa shape index (κ2) is 7.91. The van der Waals surface area contributed by atoms with Crippen molar-refractivity contribution in [1.29, 1.82) is 0 Å². The Kier molecular flexibility index (Phi) is 5.41. The van der Waals surface area contributed by atoms with E-state index in [0.29, 0.717) is 11.1 Å². The van der Waals surface area contributed by atoms with Gasteiger partial charge >= 0.3 is 5.97 Å². The van der Waals surface area contributed by atoms with Crippen LogP contribution in [-0.4, -0.2) is 23.6 Å². The normalized spacial score (nSPS) is 10.8. The summed E-state index contributed by atoms with van der Waals surface area (Å²) in [6.07, 6.45) is 0. The van der Waals surface area contributed by atoms with E-state index in [1.807, 2.05) is 50.2 Å². The number of hydrogen-bond acceptors (Lipinski definition) is 4. The number of phenolic OH excluding ortho intramolecular Hbond substituents is 1. The number of carbonyl (C=O) groups is 2. The van der Waals surface area contributed by atoms with Crippen LogP contribution in [0.15, 0.2) is 60.7 Å². The maximum absolute atomic E-state index is 12.3. The number of phenols is 1. The van der Waals surface area contributed by atoms with Gasteiger partial charge in [-0.2, -0.15) is 0 Å². The van der Waals surface area contributed by atoms with Crippen LogP contribution in [0.4, 0.5) is 5.69 Å². The predicted molar refractivity (Wildman–Crippen MR) is 105 cm³/mol. The molecule has 0 heterocycles. The quantitative estimate of drug-likeness (QED) is 0.656. The van der Waals surface area contributed by atoms with Crippen LogP contribution in [0.2, 0.25) is 0 Å². The number of carbonyl (C=O) groups excluding carboxylic acids is 2. The van der Waals surface area contributed by atoms with Crippen molar-refractivity contribution in [3.63, 3.8) is 0 Å². The van der Waals surface area contributed by atoms with Gasteiger partial charge in [-0.15, -0.1) is 0 Å². The molecule has 0 fully saturated rings. The minimum atomic E-state index is -0.745. The molecule has 0 spiro atoms. The maximum atomic E-state index is 12.3. The monoisotopic (exact) mass is 363 g/mol. The maximum Gasteiger partial charge on any atom is 0.342 e. The number of nitrogens with one attached hydrogen (secondary N) is 1. The van der Waals surface area contributed by atoms with Crippen LogP contribution in [0.3, 0.4) is 0 Å². The molecule has 3 aromatic carbocycles. The lowest BCUT2D eigenvalue weighted by Gasteiger charge is -2.14. The zero-order chi connectivity index (χ0) is 19.4. The van der Waals surface area contributed by atoms with E-state index in [4.69, 9.17) is 4.74 Å². The summed E-state index contributed by atoms with van der Waals surface area (Å²) in [5, 5.41) is 14.5. The Hall–Kier alpha value is -3.34. The van der Waals surface area contributed by atoms with Gasteiger partial charge in [-0.05, 0) is 29.0 Å². The fraction of sp³-hybridized carbons (Fsp3) is 0.182. The summed E-state index contributed by atoms with van der Waals surface area (Å²) in [6.45, 7) is 3.64. The first-order chi connectivity index (χ1) is 13.0. The van der Waals surface area contributed by atoms with Crippen molar-refractivity contribution in [1.82, 2.24) is 0 Å². The minimum Gasteiger partial charge on any atom is -0.506 e. The van der Waals surface area contributed by atoms with Crippen molar-refractivity contribution >= 4 is 28.3 Å². The van der Waals surface area contributed by atoms with Crippen LogP contribution < -0.4 is 5.32 Å². The van der Waals surface area contributed by atoms with Gasteiger partial charge in [0.05, 0.1) is 0 Å². The average molecular weight is 363 g/mol. The molecule has 1 amide bonds. The molecule has 0 aliphatic carbocycles. The van der Waals surface area contributed by atoms with E-state index in [1.54, 1.807) is 18.2 Å². The van der Waals surface area contributed by atoms with Crippen molar-refractivity contribution < 1.29 is 19.4 Å². The molecule has 5 heteroatoms. The molecule has 0 aliphatic rings. The van der Waals surface area contributed by atoms with E-state index < -0.39 is 18.5 Å². The standard InChI is InChI=1S/C22H21NO4/c1-14(2)16-8-5-6-10-19(16)23-20(24)13-27-22(26)18-12-11-15-7-3-4-9-17(15)21(18)25/h3-12,14,25H,13H2,1-2H3,(H,23,24). The van der Waals surface area contributed by atoms with Crippen LogP contribution in [0, 0.1) is 0 Å². The molecule has 0 radical (unpaired) electrons. The van der Waals surface area contributed by atoms with Crippen molar-refractivity contribution in [3.8, 4) is 5.75 Å². The Morgan fingerprint density at radius 2 is 1.70 bits per heavy atom. The SMILES string of the molecule is CC(C)c1ccccc1NC(=O)COC(=O)c1ccc2ccccc2c1O. The summed E-state index contributed by atoms with van der Waals surface area (Å²) in [6, 6.07) is 17.9. The van der Waals surface area contributed by atoms with E-state index in [2.05, 4.69) is 5.32 Å². The Bertz CT molecular complexity index is 995. The molecule has 5 nitrogen and oxygen atoms in total. The molecule has 0 unspecified atom stereocenters. The van der Waals surface area contributed by atoms with Gasteiger partial charge in [0.15, 0.2) is 6.61 Å². The number of benzene rings is 3. The molecule has 0 aromatic heterocycles. The molecular weight excluding hydrogens is 342 g/mol. The van der Waals surface area contributed by atoms with E-state index in [1.165, 1.54) is 6.07 Å². The predicted octanol–water partition coefficient (Wildman–Crippen LogP) is 4.46. The molecule has 3 rings (SSSR count). The minimum absolute atomic E-state index is 0.0316. The number of esters is 1. The van der Waals surface area contributed by atoms with Gasteiger partial charge in [-0.3, -0.25) is 4.79 Å². The molecule has 0 bridgehead atoms. The van der Waals surface area contributed by atoms with Crippen LogP contribution in [0.5, 0.6) is 5.75 Å². The third kappa shape index (κ3) is 4.08. The van der Waals surface area contributed by atoms with Gasteiger partial charge in [0.2, 0.25) is 0 Å². The van der Waals surface area contributed by atoms with Crippen molar-refractivity contribution in [2.45, 2.75) is 19.8 Å². The smallest absolute Gasteiger partial charge is 0.342 e. The molecule has 3 aromatic rings. The number of aromatic hydroxyl groups is 1. The number of anilines is 1. The summed E-state index contributed by atoms with van der Waals surface area (Å²) in [7, 11) is 0. The van der Waals surface area contributed by atoms with Crippen LogP contribution in [-0.2, 0) is 9.53 Å². The first kappa shape index (κ1) is 18.5. The van der Waals surface area contributed by atoms with E-state index in [9.17, 15) is 14.7 Å². The molecule has 27 heavy (non-hydrogen) atoms. The number of amides is 1. The van der Waals surface area contributed by atoms with Gasteiger partial charge in [0.25, 0.3) is 5.91 Å². The lowest BCUT2D eigenvalue weighted by Crippen LogP contribution is -2.21. The van der Waals surface area contributed by atoms with E-state index in [-0.39, 0.29) is 17.2 Å². The van der Waals surface area contributed by atoms with Gasteiger partial charge in [-0.1, -0.05) is 62.4 Å². The second-order valence-electron chi connectivity index (χ2n) is 6.55. The van der Waals surface area contributed by atoms with Crippen molar-refractivity contribution in [3.05, 3.63) is 71.8 Å². The molecule has 0 atom stereocenters. The van der Waals surface area contributed by atoms with Crippen LogP contribution in [0.1, 0.15) is 35.7 Å². The lowest BCUT2D eigenvalue weighted by atomic mass is 10.0. The van der Waals surface area contributed by atoms with Gasteiger partial charge in [0.1, 0.15) is 11.3 Å². The highest BCUT2D eigenvalue weighted by Crippen LogP contribution is 2.29. The number of ether oxygens (including phenoxy) is 1. The molecule has 138 valence electrons. The molecule has 2 N–H and O–H groups in total. The average Bonchev–Trinajstić information content (AvgIpc) is 2.67. The van der Waals surface area contributed by atoms with Crippen LogP contribution >= 0.6 is 0 Å². The van der Waals surface area contributed by atoms with Crippen molar-refractivity contribution in [2.75, 3.05) is 11.9 Å². The number of para-hydroxylation sites is 1. The van der Waals surface area contributed by atoms with Crippen molar-refractivity contribution in [2.24, 2.45) is 0 Å². The Morgan fingerprint density at radius 3 is 2.48 bits per heavy atom. The summed E-state index contributed by atoms with van der Waals surface area (Å²) >= 11 is 0. The summed E-state index contributed by atoms with van der Waals surface area (Å²) in [5.74, 6) is -1.08. The first-order valence-corrected chi connectivity index (χ1v) is 8.74.